The lowest BCUT2D eigenvalue weighted by Crippen LogP contribution is -2.31. The Hall–Kier alpha value is -0.980. The van der Waals surface area contributed by atoms with Gasteiger partial charge in [-0.25, -0.2) is 13.4 Å². The van der Waals surface area contributed by atoms with Crippen molar-refractivity contribution in [3.05, 3.63) is 23.9 Å². The van der Waals surface area contributed by atoms with Crippen LogP contribution < -0.4 is 0 Å². The number of aliphatic hydroxyl groups excluding tert-OH is 1. The average molecular weight is 244 g/mol. The van der Waals surface area contributed by atoms with E-state index in [1.54, 1.807) is 19.9 Å². The molecule has 6 heteroatoms. The van der Waals surface area contributed by atoms with E-state index >= 15 is 0 Å². The molecule has 5 nitrogen and oxygen atoms in total. The Morgan fingerprint density at radius 3 is 2.31 bits per heavy atom. The van der Waals surface area contributed by atoms with Gasteiger partial charge in [0.25, 0.3) is 10.0 Å². The van der Waals surface area contributed by atoms with E-state index in [0.717, 1.165) is 0 Å². The van der Waals surface area contributed by atoms with Crippen LogP contribution in [0.1, 0.15) is 19.4 Å². The summed E-state index contributed by atoms with van der Waals surface area (Å²) in [5, 5.41) is 8.85. The maximum absolute atomic E-state index is 12.0. The van der Waals surface area contributed by atoms with Gasteiger partial charge in [-0.05, 0) is 11.6 Å². The van der Waals surface area contributed by atoms with Gasteiger partial charge in [0.05, 0.1) is 6.61 Å². The van der Waals surface area contributed by atoms with Gasteiger partial charge in [0.1, 0.15) is 0 Å². The molecule has 0 radical (unpaired) electrons. The Morgan fingerprint density at radius 1 is 1.31 bits per heavy atom. The Balaban J connectivity index is 3.07. The number of nitrogens with zero attached hydrogens (tertiary/aromatic N) is 2. The Labute approximate surface area is 95.8 Å². The van der Waals surface area contributed by atoms with Crippen molar-refractivity contribution in [3.8, 4) is 0 Å². The monoisotopic (exact) mass is 244 g/mol. The van der Waals surface area contributed by atoms with Crippen molar-refractivity contribution in [2.24, 2.45) is 0 Å². The topological polar surface area (TPSA) is 70.5 Å². The molecular weight excluding hydrogens is 228 g/mol. The molecule has 0 saturated heterocycles. The SMILES string of the molecule is CCN(CC)S(=O)(=O)c1ccc(CO)cn1. The van der Waals surface area contributed by atoms with Crippen molar-refractivity contribution < 1.29 is 13.5 Å². The highest BCUT2D eigenvalue weighted by molar-refractivity contribution is 7.89. The summed E-state index contributed by atoms with van der Waals surface area (Å²) in [6.07, 6.45) is 1.37. The zero-order valence-corrected chi connectivity index (χ0v) is 10.2. The molecule has 0 aliphatic heterocycles. The Morgan fingerprint density at radius 2 is 1.94 bits per heavy atom. The van der Waals surface area contributed by atoms with E-state index in [2.05, 4.69) is 4.98 Å². The van der Waals surface area contributed by atoms with Gasteiger partial charge < -0.3 is 5.11 Å². The molecule has 16 heavy (non-hydrogen) atoms. The normalized spacial score (nSPS) is 12.0. The number of aromatic nitrogens is 1. The van der Waals surface area contributed by atoms with Crippen molar-refractivity contribution >= 4 is 10.0 Å². The minimum Gasteiger partial charge on any atom is -0.392 e. The third-order valence-corrected chi connectivity index (χ3v) is 4.26. The first-order chi connectivity index (χ1) is 7.56. The highest BCUT2D eigenvalue weighted by Crippen LogP contribution is 2.12. The molecule has 0 aromatic carbocycles. The molecule has 0 spiro atoms. The summed E-state index contributed by atoms with van der Waals surface area (Å²) in [5.74, 6) is 0. The lowest BCUT2D eigenvalue weighted by Gasteiger charge is -2.17. The van der Waals surface area contributed by atoms with Crippen LogP contribution in [0.25, 0.3) is 0 Å². The third-order valence-electron chi connectivity index (χ3n) is 2.29. The Kier molecular flexibility index (Phi) is 4.40. The Bertz CT molecular complexity index is 424. The maximum Gasteiger partial charge on any atom is 0.260 e. The van der Waals surface area contributed by atoms with E-state index in [0.29, 0.717) is 18.7 Å². The van der Waals surface area contributed by atoms with E-state index in [-0.39, 0.29) is 11.6 Å². The number of pyridine rings is 1. The van der Waals surface area contributed by atoms with E-state index in [9.17, 15) is 8.42 Å². The minimum atomic E-state index is -3.49. The number of hydrogen-bond donors (Lipinski definition) is 1. The summed E-state index contributed by atoms with van der Waals surface area (Å²) in [6, 6.07) is 2.97. The van der Waals surface area contributed by atoms with E-state index in [1.165, 1.54) is 16.6 Å². The van der Waals surface area contributed by atoms with Gasteiger partial charge in [-0.15, -0.1) is 0 Å². The maximum atomic E-state index is 12.0. The lowest BCUT2D eigenvalue weighted by molar-refractivity contribution is 0.281. The summed E-state index contributed by atoms with van der Waals surface area (Å²) >= 11 is 0. The fraction of sp³-hybridized carbons (Fsp3) is 0.500. The predicted octanol–water partition coefficient (Wildman–Crippen LogP) is 0.604. The molecule has 0 unspecified atom stereocenters. The molecule has 0 atom stereocenters. The van der Waals surface area contributed by atoms with Crippen LogP contribution in [0.5, 0.6) is 0 Å². The standard InChI is InChI=1S/C10H16N2O3S/c1-3-12(4-2)16(14,15)10-6-5-9(8-13)7-11-10/h5-7,13H,3-4,8H2,1-2H3. The first-order valence-corrected chi connectivity index (χ1v) is 6.56. The summed E-state index contributed by atoms with van der Waals surface area (Å²) in [6.45, 7) is 4.26. The van der Waals surface area contributed by atoms with Crippen molar-refractivity contribution in [2.45, 2.75) is 25.5 Å². The fourth-order valence-corrected chi connectivity index (χ4v) is 2.72. The molecule has 1 rings (SSSR count). The predicted molar refractivity (Wildman–Crippen MR) is 60.3 cm³/mol. The van der Waals surface area contributed by atoms with Crippen LogP contribution >= 0.6 is 0 Å². The van der Waals surface area contributed by atoms with Gasteiger partial charge in [0.2, 0.25) is 0 Å². The lowest BCUT2D eigenvalue weighted by atomic mass is 10.3. The summed E-state index contributed by atoms with van der Waals surface area (Å²) in [7, 11) is -3.49. The number of sulfonamides is 1. The van der Waals surface area contributed by atoms with Gasteiger partial charge >= 0.3 is 0 Å². The molecule has 0 amide bonds. The van der Waals surface area contributed by atoms with Crippen molar-refractivity contribution in [1.29, 1.82) is 0 Å². The van der Waals surface area contributed by atoms with Gasteiger partial charge in [-0.3, -0.25) is 0 Å². The van der Waals surface area contributed by atoms with Crippen LogP contribution in [0.2, 0.25) is 0 Å². The number of aliphatic hydroxyl groups is 1. The van der Waals surface area contributed by atoms with E-state index in [4.69, 9.17) is 5.11 Å². The molecule has 0 bridgehead atoms. The van der Waals surface area contributed by atoms with Crippen LogP contribution in [-0.2, 0) is 16.6 Å². The second-order valence-electron chi connectivity index (χ2n) is 3.25. The second-order valence-corrected chi connectivity index (χ2v) is 5.14. The van der Waals surface area contributed by atoms with Crippen LogP contribution in [0.3, 0.4) is 0 Å². The fourth-order valence-electron chi connectivity index (χ4n) is 1.35. The highest BCUT2D eigenvalue weighted by atomic mass is 32.2. The van der Waals surface area contributed by atoms with Crippen molar-refractivity contribution in [3.63, 3.8) is 0 Å². The van der Waals surface area contributed by atoms with Gasteiger partial charge in [-0.1, -0.05) is 19.9 Å². The number of hydrogen-bond acceptors (Lipinski definition) is 4. The molecule has 1 N–H and O–H groups in total. The molecule has 0 aliphatic rings. The first-order valence-electron chi connectivity index (χ1n) is 5.12. The average Bonchev–Trinajstić information content (AvgIpc) is 2.30. The highest BCUT2D eigenvalue weighted by Gasteiger charge is 2.22. The first kappa shape index (κ1) is 13.1. The van der Waals surface area contributed by atoms with Crippen LogP contribution in [-0.4, -0.2) is 35.9 Å². The minimum absolute atomic E-state index is 0.0217. The van der Waals surface area contributed by atoms with Crippen LogP contribution in [0.4, 0.5) is 0 Å². The second kappa shape index (κ2) is 5.38. The zero-order valence-electron chi connectivity index (χ0n) is 9.42. The molecule has 90 valence electrons. The van der Waals surface area contributed by atoms with Crippen molar-refractivity contribution in [2.75, 3.05) is 13.1 Å². The smallest absolute Gasteiger partial charge is 0.260 e. The molecule has 1 heterocycles. The molecule has 0 fully saturated rings. The third kappa shape index (κ3) is 2.58. The van der Waals surface area contributed by atoms with Gasteiger partial charge in [0, 0.05) is 19.3 Å². The molecule has 1 aromatic heterocycles. The summed E-state index contributed by atoms with van der Waals surface area (Å²) in [5.41, 5.74) is 0.596. The van der Waals surface area contributed by atoms with Crippen molar-refractivity contribution in [1.82, 2.24) is 9.29 Å². The van der Waals surface area contributed by atoms with Gasteiger partial charge in [0.15, 0.2) is 5.03 Å². The van der Waals surface area contributed by atoms with Crippen LogP contribution in [0.15, 0.2) is 23.4 Å². The zero-order chi connectivity index (χ0) is 12.2. The summed E-state index contributed by atoms with van der Waals surface area (Å²) < 4.78 is 25.3. The summed E-state index contributed by atoms with van der Waals surface area (Å²) in [4.78, 5) is 3.85. The molecule has 0 saturated carbocycles. The van der Waals surface area contributed by atoms with E-state index in [1.807, 2.05) is 0 Å². The molecular formula is C10H16N2O3S. The molecule has 1 aromatic rings. The van der Waals surface area contributed by atoms with Gasteiger partial charge in [-0.2, -0.15) is 4.31 Å². The quantitative estimate of drug-likeness (QED) is 0.823. The van der Waals surface area contributed by atoms with E-state index < -0.39 is 10.0 Å². The number of rotatable bonds is 5. The van der Waals surface area contributed by atoms with Crippen LogP contribution in [0, 0.1) is 0 Å². The molecule has 0 aliphatic carbocycles. The largest absolute Gasteiger partial charge is 0.392 e.